The Morgan fingerprint density at radius 1 is 0.903 bits per heavy atom. The molecule has 0 aliphatic rings. The summed E-state index contributed by atoms with van der Waals surface area (Å²) in [4.78, 5) is 12.7. The third-order valence-electron chi connectivity index (χ3n) is 4.62. The average molecular weight is 439 g/mol. The van der Waals surface area contributed by atoms with Crippen LogP contribution < -0.4 is 14.4 Å². The number of carbonyl (C=O) groups excluding carboxylic acids is 1. The molecule has 0 unspecified atom stereocenters. The molecular formula is C24H26N2O4S. The zero-order chi connectivity index (χ0) is 22.3. The summed E-state index contributed by atoms with van der Waals surface area (Å²) in [6.45, 7) is 4.08. The summed E-state index contributed by atoms with van der Waals surface area (Å²) in [5, 5.41) is 2.73. The van der Waals surface area contributed by atoms with Gasteiger partial charge in [0, 0.05) is 0 Å². The summed E-state index contributed by atoms with van der Waals surface area (Å²) >= 11 is 0. The van der Waals surface area contributed by atoms with Gasteiger partial charge in [-0.25, -0.2) is 8.42 Å². The number of aryl methyl sites for hydroxylation is 2. The van der Waals surface area contributed by atoms with Gasteiger partial charge in [0.15, 0.2) is 0 Å². The van der Waals surface area contributed by atoms with Gasteiger partial charge in [-0.15, -0.1) is 0 Å². The van der Waals surface area contributed by atoms with Crippen molar-refractivity contribution in [1.82, 2.24) is 5.32 Å². The molecule has 3 aromatic carbocycles. The van der Waals surface area contributed by atoms with E-state index in [1.165, 1.54) is 0 Å². The molecule has 0 aliphatic heterocycles. The van der Waals surface area contributed by atoms with Gasteiger partial charge < -0.3 is 10.1 Å². The van der Waals surface area contributed by atoms with Crippen molar-refractivity contribution in [2.24, 2.45) is 0 Å². The van der Waals surface area contributed by atoms with E-state index in [1.54, 1.807) is 54.6 Å². The Bertz CT molecular complexity index is 1110. The Hall–Kier alpha value is -3.32. The average Bonchev–Trinajstić information content (AvgIpc) is 2.76. The van der Waals surface area contributed by atoms with Crippen LogP contribution in [0, 0.1) is 13.8 Å². The summed E-state index contributed by atoms with van der Waals surface area (Å²) in [5.41, 5.74) is 2.46. The van der Waals surface area contributed by atoms with Crippen LogP contribution in [0.15, 0.2) is 83.8 Å². The van der Waals surface area contributed by atoms with E-state index in [0.717, 1.165) is 21.2 Å². The maximum absolute atomic E-state index is 13.2. The van der Waals surface area contributed by atoms with Crippen LogP contribution in [0.25, 0.3) is 0 Å². The lowest BCUT2D eigenvalue weighted by Crippen LogP contribution is -2.41. The summed E-state index contributed by atoms with van der Waals surface area (Å²) in [6.07, 6.45) is 0. The third-order valence-corrected chi connectivity index (χ3v) is 6.41. The molecule has 0 spiro atoms. The van der Waals surface area contributed by atoms with E-state index < -0.39 is 15.9 Å². The van der Waals surface area contributed by atoms with Gasteiger partial charge in [-0.05, 0) is 55.8 Å². The molecule has 0 radical (unpaired) electrons. The first-order chi connectivity index (χ1) is 14.9. The SMILES string of the molecule is Cc1ccc(S(=O)(=O)N(CC(=O)NCCOc2cccc(C)c2)c2ccccc2)cc1. The van der Waals surface area contributed by atoms with Crippen LogP contribution in [-0.4, -0.2) is 34.0 Å². The molecule has 0 atom stereocenters. The summed E-state index contributed by atoms with van der Waals surface area (Å²) in [7, 11) is -3.90. The van der Waals surface area contributed by atoms with Crippen molar-refractivity contribution in [3.63, 3.8) is 0 Å². The van der Waals surface area contributed by atoms with Crippen LogP contribution in [0.2, 0.25) is 0 Å². The van der Waals surface area contributed by atoms with E-state index in [0.29, 0.717) is 5.69 Å². The van der Waals surface area contributed by atoms with Gasteiger partial charge in [0.25, 0.3) is 10.0 Å². The molecule has 0 aliphatic carbocycles. The number of rotatable bonds is 9. The van der Waals surface area contributed by atoms with E-state index in [-0.39, 0.29) is 24.6 Å². The van der Waals surface area contributed by atoms with Crippen molar-refractivity contribution in [1.29, 1.82) is 0 Å². The molecule has 162 valence electrons. The number of carbonyl (C=O) groups is 1. The van der Waals surface area contributed by atoms with Gasteiger partial charge in [0.05, 0.1) is 17.1 Å². The molecule has 1 amide bonds. The van der Waals surface area contributed by atoms with Crippen molar-refractivity contribution in [3.05, 3.63) is 90.0 Å². The molecule has 31 heavy (non-hydrogen) atoms. The lowest BCUT2D eigenvalue weighted by Gasteiger charge is -2.24. The maximum atomic E-state index is 13.2. The highest BCUT2D eigenvalue weighted by Crippen LogP contribution is 2.23. The highest BCUT2D eigenvalue weighted by atomic mass is 32.2. The molecular weight excluding hydrogens is 412 g/mol. The lowest BCUT2D eigenvalue weighted by molar-refractivity contribution is -0.119. The lowest BCUT2D eigenvalue weighted by atomic mass is 10.2. The number of anilines is 1. The second-order valence-corrected chi connectivity index (χ2v) is 9.04. The molecule has 0 saturated carbocycles. The van der Waals surface area contributed by atoms with Gasteiger partial charge >= 0.3 is 0 Å². The Morgan fingerprint density at radius 2 is 1.61 bits per heavy atom. The summed E-state index contributed by atoms with van der Waals surface area (Å²) in [6, 6.07) is 22.8. The molecule has 0 fully saturated rings. The largest absolute Gasteiger partial charge is 0.492 e. The Labute approximate surface area is 183 Å². The second-order valence-electron chi connectivity index (χ2n) is 7.18. The molecule has 1 N–H and O–H groups in total. The molecule has 6 nitrogen and oxygen atoms in total. The van der Waals surface area contributed by atoms with Crippen LogP contribution in [0.1, 0.15) is 11.1 Å². The number of ether oxygens (including phenoxy) is 1. The zero-order valence-corrected chi connectivity index (χ0v) is 18.4. The van der Waals surface area contributed by atoms with E-state index in [4.69, 9.17) is 4.74 Å². The number of amides is 1. The molecule has 3 aromatic rings. The van der Waals surface area contributed by atoms with Crippen LogP contribution in [-0.2, 0) is 14.8 Å². The van der Waals surface area contributed by atoms with Crippen molar-refractivity contribution in [3.8, 4) is 5.75 Å². The topological polar surface area (TPSA) is 75.7 Å². The predicted molar refractivity (Wildman–Crippen MR) is 122 cm³/mol. The smallest absolute Gasteiger partial charge is 0.264 e. The van der Waals surface area contributed by atoms with Gasteiger partial charge in [-0.3, -0.25) is 9.10 Å². The van der Waals surface area contributed by atoms with Crippen molar-refractivity contribution in [2.75, 3.05) is 24.0 Å². The number of sulfonamides is 1. The van der Waals surface area contributed by atoms with Crippen LogP contribution in [0.3, 0.4) is 0 Å². The monoisotopic (exact) mass is 438 g/mol. The highest BCUT2D eigenvalue weighted by Gasteiger charge is 2.26. The fraction of sp³-hybridized carbons (Fsp3) is 0.208. The fourth-order valence-electron chi connectivity index (χ4n) is 3.00. The Morgan fingerprint density at radius 3 is 2.29 bits per heavy atom. The van der Waals surface area contributed by atoms with Crippen molar-refractivity contribution >= 4 is 21.6 Å². The van der Waals surface area contributed by atoms with Crippen molar-refractivity contribution < 1.29 is 17.9 Å². The Balaban J connectivity index is 1.67. The van der Waals surface area contributed by atoms with E-state index in [1.807, 2.05) is 38.1 Å². The molecule has 7 heteroatoms. The van der Waals surface area contributed by atoms with E-state index >= 15 is 0 Å². The first kappa shape index (κ1) is 22.4. The minimum absolute atomic E-state index is 0.137. The number of hydrogen-bond donors (Lipinski definition) is 1. The predicted octanol–water partition coefficient (Wildman–Crippen LogP) is 3.69. The van der Waals surface area contributed by atoms with Gasteiger partial charge in [-0.2, -0.15) is 0 Å². The van der Waals surface area contributed by atoms with Crippen LogP contribution >= 0.6 is 0 Å². The fourth-order valence-corrected chi connectivity index (χ4v) is 4.42. The van der Waals surface area contributed by atoms with Gasteiger partial charge in [0.1, 0.15) is 18.9 Å². The number of hydrogen-bond acceptors (Lipinski definition) is 4. The number of nitrogens with one attached hydrogen (secondary N) is 1. The summed E-state index contributed by atoms with van der Waals surface area (Å²) < 4.78 is 33.2. The maximum Gasteiger partial charge on any atom is 0.264 e. The first-order valence-electron chi connectivity index (χ1n) is 9.97. The number of para-hydroxylation sites is 1. The first-order valence-corrected chi connectivity index (χ1v) is 11.4. The zero-order valence-electron chi connectivity index (χ0n) is 17.6. The molecule has 0 saturated heterocycles. The van der Waals surface area contributed by atoms with E-state index in [9.17, 15) is 13.2 Å². The molecule has 0 bridgehead atoms. The van der Waals surface area contributed by atoms with Gasteiger partial charge in [-0.1, -0.05) is 48.0 Å². The minimum Gasteiger partial charge on any atom is -0.492 e. The summed E-state index contributed by atoms with van der Waals surface area (Å²) in [5.74, 6) is 0.314. The highest BCUT2D eigenvalue weighted by molar-refractivity contribution is 7.92. The molecule has 0 aromatic heterocycles. The van der Waals surface area contributed by atoms with Crippen LogP contribution in [0.5, 0.6) is 5.75 Å². The van der Waals surface area contributed by atoms with Gasteiger partial charge in [0.2, 0.25) is 5.91 Å². The second kappa shape index (κ2) is 10.1. The Kier molecular flexibility index (Phi) is 7.31. The minimum atomic E-state index is -3.90. The van der Waals surface area contributed by atoms with E-state index in [2.05, 4.69) is 5.32 Å². The molecule has 0 heterocycles. The third kappa shape index (κ3) is 6.08. The standard InChI is InChI=1S/C24H26N2O4S/c1-19-11-13-23(14-12-19)31(28,29)26(21-8-4-3-5-9-21)18-24(27)25-15-16-30-22-10-6-7-20(2)17-22/h3-14,17H,15-16,18H2,1-2H3,(H,25,27). The number of benzene rings is 3. The van der Waals surface area contributed by atoms with Crippen molar-refractivity contribution in [2.45, 2.75) is 18.7 Å². The number of nitrogens with zero attached hydrogens (tertiary/aromatic N) is 1. The normalized spacial score (nSPS) is 11.0. The molecule has 3 rings (SSSR count). The quantitative estimate of drug-likeness (QED) is 0.517. The van der Waals surface area contributed by atoms with Crippen LogP contribution in [0.4, 0.5) is 5.69 Å².